The number of carbonyl (C=O) groups excluding carboxylic acids is 3. The van der Waals surface area contributed by atoms with Gasteiger partial charge >= 0.3 is 0 Å². The van der Waals surface area contributed by atoms with E-state index in [4.69, 9.17) is 10.5 Å². The normalized spacial score (nSPS) is 13.9. The summed E-state index contributed by atoms with van der Waals surface area (Å²) >= 11 is 0. The smallest absolute Gasteiger partial charge is 0.257 e. The number of benzene rings is 2. The lowest BCUT2D eigenvalue weighted by Crippen LogP contribution is -2.41. The Morgan fingerprint density at radius 3 is 2.82 bits per heavy atom. The van der Waals surface area contributed by atoms with Crippen LogP contribution in [-0.4, -0.2) is 58.7 Å². The van der Waals surface area contributed by atoms with Gasteiger partial charge in [-0.1, -0.05) is 12.1 Å². The van der Waals surface area contributed by atoms with Gasteiger partial charge in [0.1, 0.15) is 6.61 Å². The number of nitrogens with two attached hydrogens (primary N) is 1. The van der Waals surface area contributed by atoms with Gasteiger partial charge in [0.05, 0.1) is 17.6 Å². The molecule has 3 aromatic rings. The molecule has 0 spiro atoms. The predicted octanol–water partition coefficient (Wildman–Crippen LogP) is 1.45. The monoisotopic (exact) mass is 465 g/mol. The quantitative estimate of drug-likeness (QED) is 0.437. The van der Waals surface area contributed by atoms with Gasteiger partial charge in [-0.2, -0.15) is 0 Å². The molecule has 2 aromatic carbocycles. The summed E-state index contributed by atoms with van der Waals surface area (Å²) < 4.78 is 7.04. The second-order valence-corrected chi connectivity index (χ2v) is 8.06. The summed E-state index contributed by atoms with van der Waals surface area (Å²) in [6, 6.07) is 12.5. The molecule has 1 fully saturated rings. The van der Waals surface area contributed by atoms with Crippen molar-refractivity contribution in [1.29, 1.82) is 0 Å². The van der Waals surface area contributed by atoms with Crippen LogP contribution in [0.4, 0.5) is 11.6 Å². The van der Waals surface area contributed by atoms with Crippen molar-refractivity contribution in [1.82, 2.24) is 9.55 Å². The molecule has 4 N–H and O–H groups in total. The van der Waals surface area contributed by atoms with E-state index in [1.54, 1.807) is 23.1 Å². The molecule has 178 valence electrons. The molecule has 10 heteroatoms. The highest BCUT2D eigenvalue weighted by Crippen LogP contribution is 2.27. The van der Waals surface area contributed by atoms with Gasteiger partial charge in [-0.25, -0.2) is 4.98 Å². The highest BCUT2D eigenvalue weighted by Gasteiger charge is 2.22. The third-order valence-corrected chi connectivity index (χ3v) is 5.64. The summed E-state index contributed by atoms with van der Waals surface area (Å²) in [6.45, 7) is 1.43. The minimum absolute atomic E-state index is 0.00463. The number of aliphatic hydroxyl groups excluding tert-OH is 1. The molecular weight excluding hydrogens is 438 g/mol. The Morgan fingerprint density at radius 1 is 1.21 bits per heavy atom. The summed E-state index contributed by atoms with van der Waals surface area (Å²) in [4.78, 5) is 42.6. The Bertz CT molecular complexity index is 1220. The number of aryl methyl sites for hydroxylation is 2. The Kier molecular flexibility index (Phi) is 7.19. The van der Waals surface area contributed by atoms with Crippen LogP contribution in [0.15, 0.2) is 42.5 Å². The van der Waals surface area contributed by atoms with Crippen molar-refractivity contribution in [3.05, 3.63) is 53.6 Å². The van der Waals surface area contributed by atoms with E-state index in [2.05, 4.69) is 10.3 Å². The summed E-state index contributed by atoms with van der Waals surface area (Å²) in [5.74, 6) is -0.507. The van der Waals surface area contributed by atoms with Crippen LogP contribution in [-0.2, 0) is 27.3 Å². The molecule has 0 unspecified atom stereocenters. The number of imidazole rings is 1. The number of carbonyl (C=O) groups is 3. The van der Waals surface area contributed by atoms with Gasteiger partial charge in [0, 0.05) is 37.4 Å². The molecule has 34 heavy (non-hydrogen) atoms. The molecule has 4 rings (SSSR count). The van der Waals surface area contributed by atoms with Gasteiger partial charge in [-0.3, -0.25) is 19.7 Å². The van der Waals surface area contributed by atoms with E-state index in [-0.39, 0.29) is 31.4 Å². The number of nitrogens with zero attached hydrogens (tertiary/aromatic N) is 3. The lowest BCUT2D eigenvalue weighted by atomic mass is 10.1. The number of aliphatic hydroxyl groups is 1. The first kappa shape index (κ1) is 23.4. The molecule has 0 atom stereocenters. The highest BCUT2D eigenvalue weighted by atomic mass is 16.5. The third kappa shape index (κ3) is 5.24. The molecule has 3 amide bonds. The van der Waals surface area contributed by atoms with E-state index in [1.165, 1.54) is 0 Å². The second kappa shape index (κ2) is 10.4. The minimum Gasteiger partial charge on any atom is -0.396 e. The Labute approximate surface area is 196 Å². The van der Waals surface area contributed by atoms with Gasteiger partial charge < -0.3 is 25.0 Å². The average Bonchev–Trinajstić information content (AvgIpc) is 3.17. The molecule has 1 aliphatic rings. The first-order chi connectivity index (χ1) is 16.5. The summed E-state index contributed by atoms with van der Waals surface area (Å²) in [6.07, 6.45) is 1.14. The molecule has 10 nitrogen and oxygen atoms in total. The van der Waals surface area contributed by atoms with E-state index in [0.29, 0.717) is 55.3 Å². The van der Waals surface area contributed by atoms with Crippen molar-refractivity contribution in [2.45, 2.75) is 25.8 Å². The predicted molar refractivity (Wildman–Crippen MR) is 127 cm³/mol. The van der Waals surface area contributed by atoms with Gasteiger partial charge in [0.25, 0.3) is 11.8 Å². The molecule has 0 aliphatic carbocycles. The largest absolute Gasteiger partial charge is 0.396 e. The first-order valence-corrected chi connectivity index (χ1v) is 11.1. The summed E-state index contributed by atoms with van der Waals surface area (Å²) in [5, 5.41) is 12.2. The zero-order valence-electron chi connectivity index (χ0n) is 18.7. The highest BCUT2D eigenvalue weighted by molar-refractivity contribution is 6.04. The van der Waals surface area contributed by atoms with Gasteiger partial charge in [-0.05, 0) is 48.7 Å². The lowest BCUT2D eigenvalue weighted by molar-refractivity contribution is -0.125. The van der Waals surface area contributed by atoms with E-state index in [0.717, 1.165) is 11.1 Å². The number of primary amides is 1. The van der Waals surface area contributed by atoms with E-state index >= 15 is 0 Å². The number of ether oxygens (including phenoxy) is 1. The lowest BCUT2D eigenvalue weighted by Gasteiger charge is -2.26. The second-order valence-electron chi connectivity index (χ2n) is 8.06. The average molecular weight is 466 g/mol. The van der Waals surface area contributed by atoms with Gasteiger partial charge in [0.2, 0.25) is 11.9 Å². The number of nitrogens with one attached hydrogen (secondary N) is 1. The van der Waals surface area contributed by atoms with Crippen LogP contribution < -0.4 is 16.0 Å². The summed E-state index contributed by atoms with van der Waals surface area (Å²) in [5.41, 5.74) is 8.61. The molecular formula is C24H27N5O5. The minimum atomic E-state index is -0.398. The molecule has 1 aliphatic heterocycles. The van der Waals surface area contributed by atoms with Crippen LogP contribution >= 0.6 is 0 Å². The number of rotatable bonds is 9. The van der Waals surface area contributed by atoms with E-state index in [1.807, 2.05) is 28.8 Å². The molecule has 2 heterocycles. The van der Waals surface area contributed by atoms with Crippen molar-refractivity contribution in [2.75, 3.05) is 36.6 Å². The number of fused-ring (bicyclic) bond motifs is 1. The molecule has 0 radical (unpaired) electrons. The van der Waals surface area contributed by atoms with Crippen LogP contribution in [0.2, 0.25) is 0 Å². The van der Waals surface area contributed by atoms with Crippen LogP contribution in [0.3, 0.4) is 0 Å². The fourth-order valence-corrected chi connectivity index (χ4v) is 3.94. The van der Waals surface area contributed by atoms with Crippen LogP contribution in [0.5, 0.6) is 0 Å². The zero-order chi connectivity index (χ0) is 24.1. The van der Waals surface area contributed by atoms with Crippen molar-refractivity contribution in [2.24, 2.45) is 5.73 Å². The van der Waals surface area contributed by atoms with Gasteiger partial charge in [-0.15, -0.1) is 0 Å². The maximum Gasteiger partial charge on any atom is 0.257 e. The molecule has 0 bridgehead atoms. The van der Waals surface area contributed by atoms with Crippen LogP contribution in [0.1, 0.15) is 28.8 Å². The SMILES string of the molecule is NC(=O)CCc1cccc(C(=O)Nc2nc3cc(N4CCOCC4=O)ccc3n2CCCO)c1. The number of morpholine rings is 1. The van der Waals surface area contributed by atoms with Crippen molar-refractivity contribution in [3.8, 4) is 0 Å². The number of hydrogen-bond acceptors (Lipinski definition) is 6. The Morgan fingerprint density at radius 2 is 2.06 bits per heavy atom. The van der Waals surface area contributed by atoms with Crippen LogP contribution in [0, 0.1) is 0 Å². The Hall–Kier alpha value is -3.76. The number of amides is 3. The van der Waals surface area contributed by atoms with E-state index in [9.17, 15) is 19.5 Å². The Balaban J connectivity index is 1.61. The standard InChI is InChI=1S/C24H27N5O5/c25-21(31)8-5-16-3-1-4-17(13-16)23(33)27-24-26-19-14-18(28-10-12-34-15-22(28)32)6-7-20(19)29(24)9-2-11-30/h1,3-4,6-7,13-14,30H,2,5,8-12,15H2,(H2,25,31)(H,26,27,33). The summed E-state index contributed by atoms with van der Waals surface area (Å²) in [7, 11) is 0. The number of hydrogen-bond donors (Lipinski definition) is 3. The van der Waals surface area contributed by atoms with Crippen LogP contribution in [0.25, 0.3) is 11.0 Å². The number of anilines is 2. The number of aromatic nitrogens is 2. The van der Waals surface area contributed by atoms with Crippen molar-refractivity contribution in [3.63, 3.8) is 0 Å². The molecule has 1 saturated heterocycles. The fourth-order valence-electron chi connectivity index (χ4n) is 3.94. The topological polar surface area (TPSA) is 140 Å². The van der Waals surface area contributed by atoms with E-state index < -0.39 is 5.91 Å². The third-order valence-electron chi connectivity index (χ3n) is 5.64. The first-order valence-electron chi connectivity index (χ1n) is 11.1. The molecule has 1 aromatic heterocycles. The maximum atomic E-state index is 13.0. The van der Waals surface area contributed by atoms with Crippen molar-refractivity contribution >= 4 is 40.4 Å². The van der Waals surface area contributed by atoms with Crippen molar-refractivity contribution < 1.29 is 24.2 Å². The zero-order valence-corrected chi connectivity index (χ0v) is 18.7. The maximum absolute atomic E-state index is 13.0. The molecule has 0 saturated carbocycles. The fraction of sp³-hybridized carbons (Fsp3) is 0.333. The van der Waals surface area contributed by atoms with Gasteiger partial charge in [0.15, 0.2) is 0 Å².